The fourth-order valence-corrected chi connectivity index (χ4v) is 6.30. The van der Waals surface area contributed by atoms with Crippen LogP contribution in [0.25, 0.3) is 0 Å². The number of sulfone groups is 1. The number of ether oxygens (including phenoxy) is 1. The highest BCUT2D eigenvalue weighted by Gasteiger charge is 2.62. The van der Waals surface area contributed by atoms with E-state index in [0.717, 1.165) is 0 Å². The van der Waals surface area contributed by atoms with Gasteiger partial charge in [0.05, 0.1) is 17.2 Å². The zero-order chi connectivity index (χ0) is 14.4. The first kappa shape index (κ1) is 14.0. The molecule has 3 rings (SSSR count). The maximum Gasteiger partial charge on any atom is 0.264 e. The highest BCUT2D eigenvalue weighted by molar-refractivity contribution is 7.93. The molecule has 5 nitrogen and oxygen atoms in total. The summed E-state index contributed by atoms with van der Waals surface area (Å²) in [5.41, 5.74) is 0. The number of carbonyl (C=O) groups excluding carboxylic acids is 1. The van der Waals surface area contributed by atoms with Crippen LogP contribution in [0.15, 0.2) is 17.5 Å². The number of methoxy groups -OCH3 is 1. The average Bonchev–Trinajstić information content (AvgIpc) is 2.94. The van der Waals surface area contributed by atoms with Crippen LogP contribution < -0.4 is 0 Å². The zero-order valence-electron chi connectivity index (χ0n) is 11.2. The number of amides is 1. The predicted octanol–water partition coefficient (Wildman–Crippen LogP) is 1.02. The van der Waals surface area contributed by atoms with Crippen molar-refractivity contribution in [3.63, 3.8) is 0 Å². The van der Waals surface area contributed by atoms with E-state index in [1.165, 1.54) is 11.3 Å². The van der Waals surface area contributed by atoms with Gasteiger partial charge in [-0.1, -0.05) is 6.07 Å². The maximum atomic E-state index is 12.3. The minimum Gasteiger partial charge on any atom is -0.384 e. The van der Waals surface area contributed by atoms with E-state index in [2.05, 4.69) is 0 Å². The van der Waals surface area contributed by atoms with Crippen LogP contribution in [0.3, 0.4) is 0 Å². The second-order valence-electron chi connectivity index (χ2n) is 5.46. The standard InChI is InChI=1S/C13H17NO4S2/c1-18-7-10-4-6-20(16,17)13(10)8-14(9-13)12(15)11-3-2-5-19-11/h2-3,5,10H,4,6-9H2,1H3. The van der Waals surface area contributed by atoms with Gasteiger partial charge in [0.25, 0.3) is 5.91 Å². The maximum absolute atomic E-state index is 12.3. The van der Waals surface area contributed by atoms with Gasteiger partial charge in [0.15, 0.2) is 9.84 Å². The van der Waals surface area contributed by atoms with E-state index >= 15 is 0 Å². The lowest BCUT2D eigenvalue weighted by Crippen LogP contribution is -2.68. The van der Waals surface area contributed by atoms with Gasteiger partial charge in [0, 0.05) is 26.1 Å². The van der Waals surface area contributed by atoms with Gasteiger partial charge in [0.1, 0.15) is 4.75 Å². The number of thiophene rings is 1. The molecule has 0 aliphatic carbocycles. The molecular weight excluding hydrogens is 298 g/mol. The van der Waals surface area contributed by atoms with Crippen molar-refractivity contribution in [3.8, 4) is 0 Å². The first-order chi connectivity index (χ1) is 9.50. The van der Waals surface area contributed by atoms with Gasteiger partial charge in [-0.25, -0.2) is 8.42 Å². The van der Waals surface area contributed by atoms with Crippen molar-refractivity contribution in [1.29, 1.82) is 0 Å². The van der Waals surface area contributed by atoms with Crippen molar-refractivity contribution in [2.75, 3.05) is 32.6 Å². The summed E-state index contributed by atoms with van der Waals surface area (Å²) in [5, 5.41) is 1.85. The van der Waals surface area contributed by atoms with Crippen molar-refractivity contribution in [3.05, 3.63) is 22.4 Å². The summed E-state index contributed by atoms with van der Waals surface area (Å²) in [7, 11) is -1.54. The minimum absolute atomic E-state index is 0.00452. The summed E-state index contributed by atoms with van der Waals surface area (Å²) < 4.78 is 29.0. The van der Waals surface area contributed by atoms with E-state index in [-0.39, 0.29) is 17.6 Å². The van der Waals surface area contributed by atoms with Gasteiger partial charge >= 0.3 is 0 Å². The molecule has 7 heteroatoms. The summed E-state index contributed by atoms with van der Waals surface area (Å²) in [4.78, 5) is 14.5. The molecule has 1 aromatic heterocycles. The van der Waals surface area contributed by atoms with Crippen LogP contribution in [0, 0.1) is 5.92 Å². The van der Waals surface area contributed by atoms with E-state index < -0.39 is 14.6 Å². The lowest BCUT2D eigenvalue weighted by Gasteiger charge is -2.49. The largest absolute Gasteiger partial charge is 0.384 e. The third-order valence-corrected chi connectivity index (χ3v) is 7.86. The molecular formula is C13H17NO4S2. The number of rotatable bonds is 3. The SMILES string of the molecule is COCC1CCS(=O)(=O)C12CN(C(=O)c1cccs1)C2. The van der Waals surface area contributed by atoms with Gasteiger partial charge < -0.3 is 9.64 Å². The Morgan fingerprint density at radius 2 is 2.30 bits per heavy atom. The fraction of sp³-hybridized carbons (Fsp3) is 0.615. The monoisotopic (exact) mass is 315 g/mol. The summed E-state index contributed by atoms with van der Waals surface area (Å²) in [6, 6.07) is 3.60. The van der Waals surface area contributed by atoms with Gasteiger partial charge in [-0.15, -0.1) is 11.3 Å². The van der Waals surface area contributed by atoms with Crippen LogP contribution in [-0.2, 0) is 14.6 Å². The Bertz CT molecular complexity index is 602. The normalized spacial score (nSPS) is 26.6. The van der Waals surface area contributed by atoms with Crippen LogP contribution in [0.1, 0.15) is 16.1 Å². The number of nitrogens with zero attached hydrogens (tertiary/aromatic N) is 1. The molecule has 1 atom stereocenters. The molecule has 0 radical (unpaired) electrons. The Balaban J connectivity index is 1.78. The summed E-state index contributed by atoms with van der Waals surface area (Å²) in [6.45, 7) is 1.06. The Morgan fingerprint density at radius 3 is 2.90 bits per heavy atom. The van der Waals surface area contributed by atoms with Crippen molar-refractivity contribution < 1.29 is 17.9 Å². The van der Waals surface area contributed by atoms with Crippen molar-refractivity contribution in [2.24, 2.45) is 5.92 Å². The second-order valence-corrected chi connectivity index (χ2v) is 8.86. The van der Waals surface area contributed by atoms with Gasteiger partial charge in [0.2, 0.25) is 0 Å². The topological polar surface area (TPSA) is 63.7 Å². The van der Waals surface area contributed by atoms with Gasteiger partial charge in [-0.3, -0.25) is 4.79 Å². The van der Waals surface area contributed by atoms with E-state index in [9.17, 15) is 13.2 Å². The number of hydrogen-bond donors (Lipinski definition) is 0. The Hall–Kier alpha value is -0.920. The number of carbonyl (C=O) groups is 1. The molecule has 2 fully saturated rings. The first-order valence-electron chi connectivity index (χ1n) is 6.54. The third-order valence-electron chi connectivity index (χ3n) is 4.40. The Labute approximate surface area is 122 Å². The Kier molecular flexibility index (Phi) is 3.38. The van der Waals surface area contributed by atoms with Gasteiger partial charge in [-0.2, -0.15) is 0 Å². The molecule has 0 aromatic carbocycles. The van der Waals surface area contributed by atoms with Gasteiger partial charge in [-0.05, 0) is 17.9 Å². The van der Waals surface area contributed by atoms with E-state index in [4.69, 9.17) is 4.74 Å². The number of likely N-dealkylation sites (tertiary alicyclic amines) is 1. The highest BCUT2D eigenvalue weighted by atomic mass is 32.2. The average molecular weight is 315 g/mol. The quantitative estimate of drug-likeness (QED) is 0.835. The molecule has 20 heavy (non-hydrogen) atoms. The van der Waals surface area contributed by atoms with Crippen LogP contribution in [0.5, 0.6) is 0 Å². The van der Waals surface area contributed by atoms with Crippen molar-refractivity contribution >= 4 is 27.1 Å². The molecule has 0 saturated carbocycles. The molecule has 1 amide bonds. The third kappa shape index (κ3) is 1.91. The van der Waals surface area contributed by atoms with Crippen LogP contribution in [0.2, 0.25) is 0 Å². The molecule has 3 heterocycles. The second kappa shape index (κ2) is 4.82. The zero-order valence-corrected chi connectivity index (χ0v) is 12.9. The molecule has 2 aliphatic heterocycles. The molecule has 1 spiro atoms. The van der Waals surface area contributed by atoms with E-state index in [1.807, 2.05) is 11.4 Å². The van der Waals surface area contributed by atoms with E-state index in [1.54, 1.807) is 18.1 Å². The molecule has 2 aliphatic rings. The van der Waals surface area contributed by atoms with Crippen LogP contribution in [0.4, 0.5) is 0 Å². The minimum atomic E-state index is -3.13. The fourth-order valence-electron chi connectivity index (χ4n) is 3.21. The summed E-state index contributed by atoms with van der Waals surface area (Å²) in [5.74, 6) is 0.149. The van der Waals surface area contributed by atoms with E-state index in [0.29, 0.717) is 31.0 Å². The smallest absolute Gasteiger partial charge is 0.264 e. The highest BCUT2D eigenvalue weighted by Crippen LogP contribution is 2.45. The van der Waals surface area contributed by atoms with Crippen molar-refractivity contribution in [2.45, 2.75) is 11.2 Å². The van der Waals surface area contributed by atoms with Crippen LogP contribution >= 0.6 is 11.3 Å². The molecule has 2 saturated heterocycles. The summed E-state index contributed by atoms with van der Waals surface area (Å²) in [6.07, 6.45) is 0.636. The molecule has 0 bridgehead atoms. The molecule has 1 aromatic rings. The molecule has 0 N–H and O–H groups in total. The lowest BCUT2D eigenvalue weighted by atomic mass is 9.83. The summed E-state index contributed by atoms with van der Waals surface area (Å²) >= 11 is 1.39. The Morgan fingerprint density at radius 1 is 1.55 bits per heavy atom. The van der Waals surface area contributed by atoms with Crippen LogP contribution in [-0.4, -0.2) is 56.5 Å². The predicted molar refractivity (Wildman–Crippen MR) is 76.7 cm³/mol. The lowest BCUT2D eigenvalue weighted by molar-refractivity contribution is 0.0341. The molecule has 110 valence electrons. The first-order valence-corrected chi connectivity index (χ1v) is 9.07. The molecule has 1 unspecified atom stereocenters. The van der Waals surface area contributed by atoms with Crippen molar-refractivity contribution in [1.82, 2.24) is 4.90 Å². The number of hydrogen-bond acceptors (Lipinski definition) is 5.